The lowest BCUT2D eigenvalue weighted by atomic mass is 9.57. The van der Waals surface area contributed by atoms with Crippen molar-refractivity contribution >= 4 is 5.78 Å². The number of nitro groups is 2. The summed E-state index contributed by atoms with van der Waals surface area (Å²) in [7, 11) is 0. The van der Waals surface area contributed by atoms with Crippen molar-refractivity contribution in [1.82, 2.24) is 0 Å². The number of Topliss-reactive ketones (excluding diaryl/α,β-unsaturated/α-hetero) is 1. The fourth-order valence-electron chi connectivity index (χ4n) is 6.73. The number of hydrogen-bond acceptors (Lipinski definition) is 5. The van der Waals surface area contributed by atoms with Gasteiger partial charge in [0, 0.05) is 11.8 Å². The second kappa shape index (κ2) is 2.19. The lowest BCUT2D eigenvalue weighted by Crippen LogP contribution is -2.65. The first kappa shape index (κ1) is 9.41. The van der Waals surface area contributed by atoms with Crippen molar-refractivity contribution in [3.05, 3.63) is 20.2 Å². The van der Waals surface area contributed by atoms with Crippen LogP contribution < -0.4 is 0 Å². The number of hydrogen-bond donors (Lipinski definition) is 0. The average Bonchev–Trinajstić information content (AvgIpc) is 2.74. The van der Waals surface area contributed by atoms with E-state index in [2.05, 4.69) is 0 Å². The van der Waals surface area contributed by atoms with Gasteiger partial charge >= 0.3 is 5.66 Å². The molecule has 0 N–H and O–H groups in total. The Morgan fingerprint density at radius 2 is 1.67 bits per heavy atom. The molecule has 5 aliphatic rings. The van der Waals surface area contributed by atoms with E-state index in [-0.39, 0.29) is 41.3 Å². The molecule has 5 rings (SSSR count). The van der Waals surface area contributed by atoms with Crippen molar-refractivity contribution in [2.75, 3.05) is 0 Å². The third-order valence-electron chi connectivity index (χ3n) is 6.73. The van der Waals surface area contributed by atoms with Crippen molar-refractivity contribution in [1.29, 1.82) is 0 Å². The highest BCUT2D eigenvalue weighted by Crippen LogP contribution is 2.84. The zero-order valence-corrected chi connectivity index (χ0v) is 9.26. The summed E-state index contributed by atoms with van der Waals surface area (Å²) >= 11 is 0. The summed E-state index contributed by atoms with van der Waals surface area (Å²) < 4.78 is 0. The quantitative estimate of drug-likeness (QED) is 0.395. The third-order valence-corrected chi connectivity index (χ3v) is 6.73. The van der Waals surface area contributed by atoms with Crippen molar-refractivity contribution in [3.8, 4) is 0 Å². The van der Waals surface area contributed by atoms with Gasteiger partial charge in [-0.2, -0.15) is 0 Å². The highest BCUT2D eigenvalue weighted by molar-refractivity contribution is 5.91. The van der Waals surface area contributed by atoms with Gasteiger partial charge in [-0.1, -0.05) is 0 Å². The van der Waals surface area contributed by atoms with Gasteiger partial charge in [-0.05, 0) is 30.1 Å². The molecule has 0 aliphatic heterocycles. The van der Waals surface area contributed by atoms with Crippen LogP contribution >= 0.6 is 0 Å². The standard InChI is InChI=1S/C11H10N2O5/c14-10-6-2-1-3-5-4(2)7(10)9(5)11(8(3)6,12(15)16)13(17)18/h2-9H,1H2. The second-order valence-electron chi connectivity index (χ2n) is 6.52. The summed E-state index contributed by atoms with van der Waals surface area (Å²) in [5.74, 6) is -1.26. The number of ketones is 1. The summed E-state index contributed by atoms with van der Waals surface area (Å²) in [6.07, 6.45) is 0.812. The van der Waals surface area contributed by atoms with Crippen LogP contribution in [-0.2, 0) is 4.79 Å². The largest absolute Gasteiger partial charge is 0.465 e. The Morgan fingerprint density at radius 1 is 1.00 bits per heavy atom. The highest BCUT2D eigenvalue weighted by atomic mass is 16.7. The van der Waals surface area contributed by atoms with Crippen LogP contribution in [0.3, 0.4) is 0 Å². The van der Waals surface area contributed by atoms with Crippen LogP contribution in [0.1, 0.15) is 6.42 Å². The topological polar surface area (TPSA) is 103 Å². The Balaban J connectivity index is 1.82. The van der Waals surface area contributed by atoms with E-state index in [9.17, 15) is 25.0 Å². The Labute approximate surface area is 101 Å². The fourth-order valence-corrected chi connectivity index (χ4v) is 6.73. The van der Waals surface area contributed by atoms with E-state index in [0.29, 0.717) is 0 Å². The summed E-state index contributed by atoms with van der Waals surface area (Å²) in [5.41, 5.74) is -2.04. The van der Waals surface area contributed by atoms with Crippen molar-refractivity contribution < 1.29 is 14.6 Å². The molecule has 5 fully saturated rings. The molecule has 7 heteroatoms. The first-order valence-electron chi connectivity index (χ1n) is 6.35. The van der Waals surface area contributed by atoms with E-state index in [4.69, 9.17) is 0 Å². The van der Waals surface area contributed by atoms with Crippen LogP contribution in [0.25, 0.3) is 0 Å². The van der Waals surface area contributed by atoms with E-state index in [1.807, 2.05) is 0 Å². The van der Waals surface area contributed by atoms with Crippen LogP contribution in [0.5, 0.6) is 0 Å². The van der Waals surface area contributed by atoms with Gasteiger partial charge in [-0.25, -0.2) is 0 Å². The summed E-state index contributed by atoms with van der Waals surface area (Å²) in [4.78, 5) is 33.7. The molecule has 0 amide bonds. The summed E-state index contributed by atoms with van der Waals surface area (Å²) in [5, 5.41) is 22.9. The van der Waals surface area contributed by atoms with Crippen molar-refractivity contribution in [3.63, 3.8) is 0 Å². The number of nitrogens with zero attached hydrogens (tertiary/aromatic N) is 2. The maximum absolute atomic E-state index is 12.2. The van der Waals surface area contributed by atoms with Gasteiger partial charge in [0.25, 0.3) is 0 Å². The number of rotatable bonds is 2. The molecule has 94 valence electrons. The van der Waals surface area contributed by atoms with Crippen LogP contribution in [0.15, 0.2) is 0 Å². The molecule has 8 atom stereocenters. The van der Waals surface area contributed by atoms with E-state index < -0.39 is 27.3 Å². The number of fused-ring (bicyclic) bond motifs is 2. The lowest BCUT2D eigenvalue weighted by molar-refractivity contribution is -0.817. The average molecular weight is 250 g/mol. The SMILES string of the molecule is O=C1C2C3CC4C5C3C1C5C([N+](=O)[O-])([N+](=O)[O-])C42. The van der Waals surface area contributed by atoms with Gasteiger partial charge in [0.2, 0.25) is 0 Å². The zero-order chi connectivity index (χ0) is 12.6. The molecule has 2 bridgehead atoms. The van der Waals surface area contributed by atoms with Crippen molar-refractivity contribution in [2.45, 2.75) is 12.1 Å². The molecular weight excluding hydrogens is 240 g/mol. The van der Waals surface area contributed by atoms with Gasteiger partial charge in [0.05, 0.1) is 9.85 Å². The first-order valence-corrected chi connectivity index (χ1v) is 6.35. The summed E-state index contributed by atoms with van der Waals surface area (Å²) in [6.45, 7) is 0. The Bertz CT molecular complexity index is 546. The fraction of sp³-hybridized carbons (Fsp3) is 0.909. The third kappa shape index (κ3) is 0.529. The van der Waals surface area contributed by atoms with Gasteiger partial charge in [0.1, 0.15) is 17.6 Å². The molecule has 0 radical (unpaired) electrons. The molecule has 0 spiro atoms. The second-order valence-corrected chi connectivity index (χ2v) is 6.52. The molecule has 5 saturated carbocycles. The Morgan fingerprint density at radius 3 is 2.28 bits per heavy atom. The first-order chi connectivity index (χ1) is 8.52. The van der Waals surface area contributed by atoms with E-state index in [1.54, 1.807) is 0 Å². The molecule has 0 heterocycles. The van der Waals surface area contributed by atoms with Crippen LogP contribution in [-0.4, -0.2) is 21.3 Å². The predicted molar refractivity (Wildman–Crippen MR) is 54.3 cm³/mol. The van der Waals surface area contributed by atoms with E-state index >= 15 is 0 Å². The molecule has 0 saturated heterocycles. The lowest BCUT2D eigenvalue weighted by Gasteiger charge is -2.43. The van der Waals surface area contributed by atoms with Crippen LogP contribution in [0.2, 0.25) is 0 Å². The van der Waals surface area contributed by atoms with E-state index in [0.717, 1.165) is 6.42 Å². The summed E-state index contributed by atoms with van der Waals surface area (Å²) in [6, 6.07) is 0. The minimum Gasteiger partial charge on any atom is -0.299 e. The molecule has 0 aromatic heterocycles. The van der Waals surface area contributed by atoms with Crippen LogP contribution in [0.4, 0.5) is 0 Å². The monoisotopic (exact) mass is 250 g/mol. The molecule has 7 nitrogen and oxygen atoms in total. The zero-order valence-electron chi connectivity index (χ0n) is 9.26. The molecule has 8 unspecified atom stereocenters. The minimum absolute atomic E-state index is 0.0634. The minimum atomic E-state index is -2.04. The maximum Gasteiger partial charge on any atom is 0.465 e. The van der Waals surface area contributed by atoms with Crippen molar-refractivity contribution in [2.24, 2.45) is 47.3 Å². The molecule has 0 aromatic carbocycles. The maximum atomic E-state index is 12.2. The Hall–Kier alpha value is -1.53. The smallest absolute Gasteiger partial charge is 0.299 e. The predicted octanol–water partition coefficient (Wildman–Crippen LogP) is 0.193. The van der Waals surface area contributed by atoms with Gasteiger partial charge in [-0.3, -0.25) is 25.0 Å². The molecule has 18 heavy (non-hydrogen) atoms. The molecular formula is C11H10N2O5. The van der Waals surface area contributed by atoms with Gasteiger partial charge < -0.3 is 0 Å². The van der Waals surface area contributed by atoms with Crippen LogP contribution in [0, 0.1) is 67.6 Å². The molecule has 5 aliphatic carbocycles. The number of carbonyl (C=O) groups is 1. The Kier molecular flexibility index (Phi) is 1.14. The van der Waals surface area contributed by atoms with Gasteiger partial charge in [-0.15, -0.1) is 0 Å². The normalized spacial score (nSPS) is 59.2. The number of carbonyl (C=O) groups excluding carboxylic acids is 1. The van der Waals surface area contributed by atoms with E-state index in [1.165, 1.54) is 0 Å². The van der Waals surface area contributed by atoms with Gasteiger partial charge in [0.15, 0.2) is 0 Å². The highest BCUT2D eigenvalue weighted by Gasteiger charge is 2.97. The molecule has 0 aromatic rings.